The van der Waals surface area contributed by atoms with Crippen molar-refractivity contribution in [3.05, 3.63) is 0 Å². The number of carboxylic acid groups (broad SMARTS) is 2. The molecular formula is C12H24O4. The molecule has 0 saturated carbocycles. The minimum atomic E-state index is -1.08. The number of hydrogen-bond acceptors (Lipinski definition) is 2. The molecule has 0 aromatic carbocycles. The van der Waals surface area contributed by atoms with Crippen LogP contribution in [0.3, 0.4) is 0 Å². The molecule has 0 aliphatic rings. The van der Waals surface area contributed by atoms with E-state index in [1.165, 1.54) is 38.5 Å². The van der Waals surface area contributed by atoms with Crippen molar-refractivity contribution in [3.63, 3.8) is 0 Å². The van der Waals surface area contributed by atoms with Gasteiger partial charge in [-0.05, 0) is 0 Å². The molecule has 0 aliphatic carbocycles. The van der Waals surface area contributed by atoms with Crippen molar-refractivity contribution >= 4 is 11.9 Å². The maximum atomic E-state index is 9.64. The first kappa shape index (κ1) is 17.3. The molecule has 16 heavy (non-hydrogen) atoms. The lowest BCUT2D eigenvalue weighted by molar-refractivity contribution is -0.143. The van der Waals surface area contributed by atoms with Crippen molar-refractivity contribution in [2.75, 3.05) is 0 Å². The number of rotatable bonds is 8. The summed E-state index contributed by atoms with van der Waals surface area (Å²) >= 11 is 0. The molecule has 0 spiro atoms. The van der Waals surface area contributed by atoms with Gasteiger partial charge in [0.2, 0.25) is 0 Å². The van der Waals surface area contributed by atoms with Crippen LogP contribution < -0.4 is 0 Å². The van der Waals surface area contributed by atoms with E-state index in [0.29, 0.717) is 0 Å². The number of aliphatic carboxylic acids is 2. The van der Waals surface area contributed by atoms with Crippen molar-refractivity contribution < 1.29 is 19.8 Å². The number of hydrogen-bond donors (Lipinski definition) is 2. The lowest BCUT2D eigenvalue weighted by Crippen LogP contribution is -2.00. The second kappa shape index (κ2) is 13.9. The summed E-state index contributed by atoms with van der Waals surface area (Å²) < 4.78 is 0. The maximum Gasteiger partial charge on any atom is 0.303 e. The van der Waals surface area contributed by atoms with Gasteiger partial charge in [0.1, 0.15) is 0 Å². The minimum absolute atomic E-state index is 0.296. The van der Waals surface area contributed by atoms with E-state index in [4.69, 9.17) is 10.2 Å². The summed E-state index contributed by atoms with van der Waals surface area (Å²) in [4.78, 5) is 19.3. The summed E-state index contributed by atoms with van der Waals surface area (Å²) in [5.74, 6) is -2.15. The predicted octanol–water partition coefficient (Wildman–Crippen LogP) is 3.30. The molecular weight excluding hydrogens is 208 g/mol. The Bertz CT molecular complexity index is 158. The molecule has 0 aromatic rings. The van der Waals surface area contributed by atoms with Gasteiger partial charge >= 0.3 is 11.9 Å². The van der Waals surface area contributed by atoms with Crippen LogP contribution in [-0.2, 0) is 9.59 Å². The van der Waals surface area contributed by atoms with Gasteiger partial charge < -0.3 is 10.2 Å². The van der Waals surface area contributed by atoms with Crippen LogP contribution in [0.15, 0.2) is 0 Å². The molecule has 2 N–H and O–H groups in total. The van der Waals surface area contributed by atoms with Crippen LogP contribution in [0.2, 0.25) is 0 Å². The molecule has 4 heteroatoms. The van der Waals surface area contributed by atoms with Crippen LogP contribution in [0.25, 0.3) is 0 Å². The molecule has 0 fully saturated rings. The molecule has 0 amide bonds. The molecule has 4 nitrogen and oxygen atoms in total. The van der Waals surface area contributed by atoms with Crippen LogP contribution in [0, 0.1) is 0 Å². The Hall–Kier alpha value is -1.06. The van der Waals surface area contributed by atoms with Gasteiger partial charge in [0.25, 0.3) is 0 Å². The summed E-state index contributed by atoms with van der Waals surface area (Å²) in [6.45, 7) is 4.51. The zero-order valence-electron chi connectivity index (χ0n) is 10.4. The standard InChI is InChI=1S/C8H18.C4H6O4/c1-3-5-7-8-6-4-2;5-3(6)1-2-4(7)8/h3-8H2,1-2H3;1-2H2,(H,5,6)(H,7,8). The minimum Gasteiger partial charge on any atom is -0.481 e. The first-order valence-corrected chi connectivity index (χ1v) is 5.98. The van der Waals surface area contributed by atoms with E-state index in [0.717, 1.165) is 0 Å². The number of unbranched alkanes of at least 4 members (excludes halogenated alkanes) is 5. The monoisotopic (exact) mass is 232 g/mol. The average molecular weight is 232 g/mol. The Kier molecular flexibility index (Phi) is 15.1. The van der Waals surface area contributed by atoms with Gasteiger partial charge in [-0.25, -0.2) is 0 Å². The summed E-state index contributed by atoms with van der Waals surface area (Å²) in [6.07, 6.45) is 7.90. The van der Waals surface area contributed by atoms with Crippen LogP contribution in [0.5, 0.6) is 0 Å². The Balaban J connectivity index is 0. The summed E-state index contributed by atoms with van der Waals surface area (Å²) in [5.41, 5.74) is 0. The molecule has 0 aromatic heterocycles. The van der Waals surface area contributed by atoms with Crippen LogP contribution in [0.1, 0.15) is 65.2 Å². The quantitative estimate of drug-likeness (QED) is 0.630. The fourth-order valence-corrected chi connectivity index (χ4v) is 1.07. The van der Waals surface area contributed by atoms with Gasteiger partial charge in [-0.1, -0.05) is 52.4 Å². The van der Waals surface area contributed by atoms with E-state index in [2.05, 4.69) is 13.8 Å². The lowest BCUT2D eigenvalue weighted by Gasteiger charge is -1.93. The summed E-state index contributed by atoms with van der Waals surface area (Å²) in [6, 6.07) is 0. The van der Waals surface area contributed by atoms with E-state index in [9.17, 15) is 9.59 Å². The van der Waals surface area contributed by atoms with Crippen molar-refractivity contribution in [2.45, 2.75) is 65.2 Å². The maximum absolute atomic E-state index is 9.64. The predicted molar refractivity (Wildman–Crippen MR) is 63.6 cm³/mol. The fraction of sp³-hybridized carbons (Fsp3) is 0.833. The fourth-order valence-electron chi connectivity index (χ4n) is 1.07. The van der Waals surface area contributed by atoms with Gasteiger partial charge in [0, 0.05) is 0 Å². The smallest absolute Gasteiger partial charge is 0.303 e. The third-order valence-corrected chi connectivity index (χ3v) is 2.01. The second-order valence-electron chi connectivity index (χ2n) is 3.70. The molecule has 0 rings (SSSR count). The third kappa shape index (κ3) is 23.1. The Morgan fingerprint density at radius 3 is 1.25 bits per heavy atom. The van der Waals surface area contributed by atoms with E-state index >= 15 is 0 Å². The Morgan fingerprint density at radius 1 is 0.750 bits per heavy atom. The highest BCUT2D eigenvalue weighted by Crippen LogP contribution is 2.03. The van der Waals surface area contributed by atoms with E-state index in [1.807, 2.05) is 0 Å². The summed E-state index contributed by atoms with van der Waals surface area (Å²) in [7, 11) is 0. The molecule has 0 saturated heterocycles. The van der Waals surface area contributed by atoms with Gasteiger partial charge in [0.15, 0.2) is 0 Å². The first-order chi connectivity index (χ1) is 7.54. The van der Waals surface area contributed by atoms with Crippen LogP contribution >= 0.6 is 0 Å². The molecule has 0 heterocycles. The molecule has 0 bridgehead atoms. The van der Waals surface area contributed by atoms with E-state index in [1.54, 1.807) is 0 Å². The van der Waals surface area contributed by atoms with Gasteiger partial charge in [-0.3, -0.25) is 9.59 Å². The zero-order valence-corrected chi connectivity index (χ0v) is 10.4. The normalized spacial score (nSPS) is 9.12. The molecule has 0 atom stereocenters. The number of carbonyl (C=O) groups is 2. The van der Waals surface area contributed by atoms with E-state index < -0.39 is 11.9 Å². The number of carboxylic acids is 2. The van der Waals surface area contributed by atoms with Crippen molar-refractivity contribution in [3.8, 4) is 0 Å². The topological polar surface area (TPSA) is 74.6 Å². The zero-order chi connectivity index (χ0) is 12.8. The molecule has 0 aliphatic heterocycles. The average Bonchev–Trinajstić information content (AvgIpc) is 2.23. The third-order valence-electron chi connectivity index (χ3n) is 2.01. The Labute approximate surface area is 97.7 Å². The highest BCUT2D eigenvalue weighted by atomic mass is 16.4. The molecule has 96 valence electrons. The second-order valence-corrected chi connectivity index (χ2v) is 3.70. The summed E-state index contributed by atoms with van der Waals surface area (Å²) in [5, 5.41) is 15.8. The Morgan fingerprint density at radius 2 is 1.06 bits per heavy atom. The van der Waals surface area contributed by atoms with Gasteiger partial charge in [-0.2, -0.15) is 0 Å². The first-order valence-electron chi connectivity index (χ1n) is 5.98. The van der Waals surface area contributed by atoms with E-state index in [-0.39, 0.29) is 12.8 Å². The van der Waals surface area contributed by atoms with Crippen LogP contribution in [0.4, 0.5) is 0 Å². The molecule has 0 unspecified atom stereocenters. The van der Waals surface area contributed by atoms with Crippen LogP contribution in [-0.4, -0.2) is 22.2 Å². The van der Waals surface area contributed by atoms with Gasteiger partial charge in [-0.15, -0.1) is 0 Å². The SMILES string of the molecule is CCCCCCCC.O=C(O)CCC(=O)O. The highest BCUT2D eigenvalue weighted by Gasteiger charge is 2.00. The van der Waals surface area contributed by atoms with Crippen molar-refractivity contribution in [2.24, 2.45) is 0 Å². The largest absolute Gasteiger partial charge is 0.481 e. The highest BCUT2D eigenvalue weighted by molar-refractivity contribution is 5.75. The molecule has 0 radical (unpaired) electrons. The van der Waals surface area contributed by atoms with Gasteiger partial charge in [0.05, 0.1) is 12.8 Å². The van der Waals surface area contributed by atoms with Crippen molar-refractivity contribution in [1.82, 2.24) is 0 Å². The lowest BCUT2D eigenvalue weighted by atomic mass is 10.1. The van der Waals surface area contributed by atoms with Crippen molar-refractivity contribution in [1.29, 1.82) is 0 Å².